The van der Waals surface area contributed by atoms with Crippen LogP contribution in [0, 0.1) is 0 Å². The molecule has 3 aromatic carbocycles. The highest BCUT2D eigenvalue weighted by molar-refractivity contribution is 7.92. The third kappa shape index (κ3) is 5.96. The van der Waals surface area contributed by atoms with Crippen molar-refractivity contribution in [3.05, 3.63) is 83.5 Å². The Hall–Kier alpha value is -3.84. The molecule has 0 saturated carbocycles. The summed E-state index contributed by atoms with van der Waals surface area (Å²) < 4.78 is 48.9. The number of hydrogen-bond acceptors (Lipinski definition) is 9. The molecule has 1 aliphatic heterocycles. The summed E-state index contributed by atoms with van der Waals surface area (Å²) in [5.41, 5.74) is 2.65. The average molecular weight is 611 g/mol. The van der Waals surface area contributed by atoms with Crippen LogP contribution >= 0.6 is 22.9 Å². The number of benzene rings is 3. The van der Waals surface area contributed by atoms with Crippen molar-refractivity contribution < 1.29 is 17.5 Å². The molecule has 2 aromatic heterocycles. The number of ether oxygens (including phenoxy) is 1. The van der Waals surface area contributed by atoms with E-state index in [4.69, 9.17) is 16.3 Å². The monoisotopic (exact) mass is 610 g/mol. The molecule has 3 N–H and O–H groups in total. The van der Waals surface area contributed by atoms with Gasteiger partial charge in [0.1, 0.15) is 21.7 Å². The standard InChI is InChI=1S/C28H24ClFN6O3S2/c29-21-7-1-2-10-25(21)41(37,38)36-22-8-3-6-20-19(22)5-4-9-24(20)39-27-26(40-16-33-27)23-11-12-32-28(35-23)34-18-13-17(30)14-31-15-18/h1-12,16-18,31,36H,13-15H2,(H,32,34,35)/t17-,18+/m1/s1. The first kappa shape index (κ1) is 27.3. The SMILES string of the molecule is O=S(=O)(Nc1cccc2c(Oc3ncsc3-c3ccnc(N[C@@H]4CNC[C@H](F)C4)n3)cccc12)c1ccccc1Cl. The Balaban J connectivity index is 1.27. The van der Waals surface area contributed by atoms with Gasteiger partial charge in [0.2, 0.25) is 11.8 Å². The number of hydrogen-bond donors (Lipinski definition) is 3. The molecule has 3 heterocycles. The van der Waals surface area contributed by atoms with Gasteiger partial charge < -0.3 is 15.4 Å². The van der Waals surface area contributed by atoms with Crippen LogP contribution < -0.4 is 20.1 Å². The van der Waals surface area contributed by atoms with Crippen molar-refractivity contribution in [3.8, 4) is 22.2 Å². The van der Waals surface area contributed by atoms with Crippen molar-refractivity contribution in [2.45, 2.75) is 23.5 Å². The number of nitrogens with one attached hydrogen (secondary N) is 3. The third-order valence-corrected chi connectivity index (χ3v) is 9.21. The Morgan fingerprint density at radius 2 is 1.83 bits per heavy atom. The molecule has 210 valence electrons. The minimum absolute atomic E-state index is 0.0128. The Bertz CT molecular complexity index is 1820. The van der Waals surface area contributed by atoms with Crippen molar-refractivity contribution in [1.82, 2.24) is 20.3 Å². The van der Waals surface area contributed by atoms with Crippen LogP contribution in [0.4, 0.5) is 16.0 Å². The van der Waals surface area contributed by atoms with Crippen LogP contribution in [-0.4, -0.2) is 48.7 Å². The first-order valence-electron chi connectivity index (χ1n) is 12.7. The van der Waals surface area contributed by atoms with Crippen molar-refractivity contribution in [2.24, 2.45) is 0 Å². The summed E-state index contributed by atoms with van der Waals surface area (Å²) in [4.78, 5) is 14.0. The molecule has 0 unspecified atom stereocenters. The zero-order valence-electron chi connectivity index (χ0n) is 21.4. The van der Waals surface area contributed by atoms with Crippen LogP contribution in [0.1, 0.15) is 6.42 Å². The normalized spacial score (nSPS) is 17.3. The zero-order valence-corrected chi connectivity index (χ0v) is 23.8. The van der Waals surface area contributed by atoms with Gasteiger partial charge in [-0.05, 0) is 30.3 Å². The summed E-state index contributed by atoms with van der Waals surface area (Å²) in [7, 11) is -3.94. The van der Waals surface area contributed by atoms with Crippen molar-refractivity contribution in [3.63, 3.8) is 0 Å². The van der Waals surface area contributed by atoms with Gasteiger partial charge in [0.15, 0.2) is 0 Å². The summed E-state index contributed by atoms with van der Waals surface area (Å²) in [6, 6.07) is 18.5. The van der Waals surface area contributed by atoms with Crippen LogP contribution in [0.25, 0.3) is 21.3 Å². The fourth-order valence-electron chi connectivity index (χ4n) is 4.64. The van der Waals surface area contributed by atoms with E-state index in [9.17, 15) is 12.8 Å². The number of fused-ring (bicyclic) bond motifs is 1. The fourth-order valence-corrected chi connectivity index (χ4v) is 6.92. The third-order valence-electron chi connectivity index (χ3n) is 6.51. The highest BCUT2D eigenvalue weighted by atomic mass is 35.5. The highest BCUT2D eigenvalue weighted by Crippen LogP contribution is 2.39. The lowest BCUT2D eigenvalue weighted by atomic mass is 10.1. The van der Waals surface area contributed by atoms with Crippen LogP contribution in [0.15, 0.2) is 83.3 Å². The Morgan fingerprint density at radius 1 is 1.00 bits per heavy atom. The number of aromatic nitrogens is 3. The van der Waals surface area contributed by atoms with Gasteiger partial charge in [-0.2, -0.15) is 0 Å². The van der Waals surface area contributed by atoms with Crippen LogP contribution in [-0.2, 0) is 10.0 Å². The number of thiazole rings is 1. The number of alkyl halides is 1. The number of anilines is 2. The first-order chi connectivity index (χ1) is 19.9. The second-order valence-electron chi connectivity index (χ2n) is 9.38. The van der Waals surface area contributed by atoms with E-state index >= 15 is 0 Å². The van der Waals surface area contributed by atoms with E-state index in [1.807, 2.05) is 6.07 Å². The van der Waals surface area contributed by atoms with Gasteiger partial charge in [0.05, 0.1) is 21.9 Å². The molecule has 0 aliphatic carbocycles. The van der Waals surface area contributed by atoms with Gasteiger partial charge >= 0.3 is 0 Å². The zero-order chi connectivity index (χ0) is 28.4. The van der Waals surface area contributed by atoms with Gasteiger partial charge in [-0.3, -0.25) is 4.72 Å². The maximum Gasteiger partial charge on any atom is 0.263 e. The molecule has 5 aromatic rings. The molecular formula is C28H24ClFN6O3S2. The average Bonchev–Trinajstić information content (AvgIpc) is 3.42. The summed E-state index contributed by atoms with van der Waals surface area (Å²) >= 11 is 7.51. The van der Waals surface area contributed by atoms with E-state index in [0.29, 0.717) is 64.1 Å². The molecular weight excluding hydrogens is 587 g/mol. The minimum atomic E-state index is -3.94. The lowest BCUT2D eigenvalue weighted by molar-refractivity contribution is 0.254. The van der Waals surface area contributed by atoms with Crippen molar-refractivity contribution in [1.29, 1.82) is 0 Å². The Labute approximate surface area is 244 Å². The van der Waals surface area contributed by atoms with E-state index in [0.717, 1.165) is 0 Å². The van der Waals surface area contributed by atoms with E-state index < -0.39 is 16.2 Å². The maximum absolute atomic E-state index is 13.8. The molecule has 0 spiro atoms. The second kappa shape index (κ2) is 11.6. The molecule has 1 fully saturated rings. The highest BCUT2D eigenvalue weighted by Gasteiger charge is 2.23. The lowest BCUT2D eigenvalue weighted by Gasteiger charge is -2.26. The molecule has 1 saturated heterocycles. The fraction of sp³-hybridized carbons (Fsp3) is 0.179. The van der Waals surface area contributed by atoms with E-state index in [1.165, 1.54) is 23.5 Å². The van der Waals surface area contributed by atoms with E-state index in [1.54, 1.807) is 60.2 Å². The van der Waals surface area contributed by atoms with Crippen molar-refractivity contribution in [2.75, 3.05) is 23.1 Å². The van der Waals surface area contributed by atoms with Gasteiger partial charge in [0, 0.05) is 42.5 Å². The van der Waals surface area contributed by atoms with Gasteiger partial charge in [-0.15, -0.1) is 11.3 Å². The number of sulfonamides is 1. The van der Waals surface area contributed by atoms with Crippen LogP contribution in [0.2, 0.25) is 5.02 Å². The largest absolute Gasteiger partial charge is 0.437 e. The summed E-state index contributed by atoms with van der Waals surface area (Å²) in [5, 5.41) is 7.71. The number of nitrogens with zero attached hydrogens (tertiary/aromatic N) is 3. The molecule has 41 heavy (non-hydrogen) atoms. The molecule has 9 nitrogen and oxygen atoms in total. The topological polar surface area (TPSA) is 118 Å². The first-order valence-corrected chi connectivity index (χ1v) is 15.5. The minimum Gasteiger partial charge on any atom is -0.437 e. The molecule has 2 atom stereocenters. The molecule has 1 aliphatic rings. The van der Waals surface area contributed by atoms with Gasteiger partial charge in [-0.1, -0.05) is 48.0 Å². The summed E-state index contributed by atoms with van der Waals surface area (Å²) in [6.45, 7) is 0.976. The smallest absolute Gasteiger partial charge is 0.263 e. The molecule has 6 rings (SSSR count). The maximum atomic E-state index is 13.8. The number of piperidine rings is 1. The van der Waals surface area contributed by atoms with Crippen molar-refractivity contribution >= 4 is 55.4 Å². The van der Waals surface area contributed by atoms with E-state index in [-0.39, 0.29) is 16.0 Å². The Morgan fingerprint density at radius 3 is 2.68 bits per heavy atom. The predicted octanol–water partition coefficient (Wildman–Crippen LogP) is 6.11. The van der Waals surface area contributed by atoms with E-state index in [2.05, 4.69) is 30.3 Å². The summed E-state index contributed by atoms with van der Waals surface area (Å²) in [6.07, 6.45) is 1.10. The number of halogens is 2. The molecule has 13 heteroatoms. The number of rotatable bonds is 8. The summed E-state index contributed by atoms with van der Waals surface area (Å²) in [5.74, 6) is 1.23. The predicted molar refractivity (Wildman–Crippen MR) is 159 cm³/mol. The molecule has 0 radical (unpaired) electrons. The lowest BCUT2D eigenvalue weighted by Crippen LogP contribution is -2.44. The van der Waals surface area contributed by atoms with Crippen LogP contribution in [0.3, 0.4) is 0 Å². The molecule has 0 amide bonds. The Kier molecular flexibility index (Phi) is 7.71. The molecule has 0 bridgehead atoms. The quantitative estimate of drug-likeness (QED) is 0.193. The van der Waals surface area contributed by atoms with Gasteiger partial charge in [-0.25, -0.2) is 27.8 Å². The second-order valence-corrected chi connectivity index (χ2v) is 12.3. The van der Waals surface area contributed by atoms with Gasteiger partial charge in [0.25, 0.3) is 10.0 Å². The van der Waals surface area contributed by atoms with Crippen LogP contribution in [0.5, 0.6) is 11.6 Å².